The lowest BCUT2D eigenvalue weighted by Gasteiger charge is -2.10. The first-order valence-electron chi connectivity index (χ1n) is 4.85. The highest BCUT2D eigenvalue weighted by Gasteiger charge is 2.19. The Labute approximate surface area is 102 Å². The van der Waals surface area contributed by atoms with Crippen molar-refractivity contribution in [3.63, 3.8) is 0 Å². The fraction of sp³-hybridized carbons (Fsp3) is 0.273. The standard InChI is InChI=1S/C11H11ClFNO3/c12-8-3-1-2-7(4-8)5-10(15)14-9(6-13)11(16)17/h1-4,9H,5-6H2,(H,14,15)(H,16,17). The number of nitrogens with one attached hydrogen (secondary N) is 1. The van der Waals surface area contributed by atoms with E-state index in [-0.39, 0.29) is 6.42 Å². The van der Waals surface area contributed by atoms with Gasteiger partial charge in [-0.05, 0) is 17.7 Å². The molecule has 92 valence electrons. The van der Waals surface area contributed by atoms with Gasteiger partial charge in [-0.25, -0.2) is 9.18 Å². The summed E-state index contributed by atoms with van der Waals surface area (Å²) in [5.41, 5.74) is 0.637. The van der Waals surface area contributed by atoms with E-state index in [0.29, 0.717) is 10.6 Å². The number of benzene rings is 1. The lowest BCUT2D eigenvalue weighted by Crippen LogP contribution is -2.43. The predicted molar refractivity (Wildman–Crippen MR) is 60.7 cm³/mol. The number of carbonyl (C=O) groups excluding carboxylic acids is 1. The van der Waals surface area contributed by atoms with Crippen molar-refractivity contribution in [2.45, 2.75) is 12.5 Å². The Morgan fingerprint density at radius 3 is 2.71 bits per heavy atom. The van der Waals surface area contributed by atoms with E-state index < -0.39 is 24.6 Å². The van der Waals surface area contributed by atoms with Crippen molar-refractivity contribution < 1.29 is 19.1 Å². The maximum Gasteiger partial charge on any atom is 0.328 e. The van der Waals surface area contributed by atoms with Crippen LogP contribution in [-0.2, 0) is 16.0 Å². The second-order valence-corrected chi connectivity index (χ2v) is 3.86. The first-order valence-corrected chi connectivity index (χ1v) is 5.23. The molecule has 0 saturated heterocycles. The van der Waals surface area contributed by atoms with Crippen LogP contribution in [-0.4, -0.2) is 29.7 Å². The van der Waals surface area contributed by atoms with Crippen LogP contribution in [0.2, 0.25) is 5.02 Å². The number of rotatable bonds is 5. The smallest absolute Gasteiger partial charge is 0.328 e. The van der Waals surface area contributed by atoms with Gasteiger partial charge >= 0.3 is 5.97 Å². The van der Waals surface area contributed by atoms with Gasteiger partial charge in [-0.2, -0.15) is 0 Å². The highest BCUT2D eigenvalue weighted by molar-refractivity contribution is 6.30. The molecule has 1 amide bonds. The third-order valence-electron chi connectivity index (χ3n) is 2.04. The van der Waals surface area contributed by atoms with Gasteiger partial charge in [0.25, 0.3) is 0 Å². The van der Waals surface area contributed by atoms with Crippen molar-refractivity contribution in [3.05, 3.63) is 34.9 Å². The largest absolute Gasteiger partial charge is 0.480 e. The summed E-state index contributed by atoms with van der Waals surface area (Å²) in [7, 11) is 0. The number of halogens is 2. The van der Waals surface area contributed by atoms with Gasteiger partial charge in [-0.3, -0.25) is 4.79 Å². The molecule has 0 saturated carbocycles. The minimum absolute atomic E-state index is 0.0374. The van der Waals surface area contributed by atoms with Gasteiger partial charge in [0, 0.05) is 5.02 Å². The number of aliphatic carboxylic acids is 1. The molecule has 0 radical (unpaired) electrons. The van der Waals surface area contributed by atoms with Gasteiger partial charge in [-0.1, -0.05) is 23.7 Å². The Hall–Kier alpha value is -1.62. The van der Waals surface area contributed by atoms with E-state index in [1.807, 2.05) is 0 Å². The Kier molecular flexibility index (Phi) is 4.90. The predicted octanol–water partition coefficient (Wildman–Crippen LogP) is 1.42. The molecule has 17 heavy (non-hydrogen) atoms. The molecule has 0 aliphatic heterocycles. The summed E-state index contributed by atoms with van der Waals surface area (Å²) in [6, 6.07) is 5.10. The number of carboxylic acids is 1. The normalized spacial score (nSPS) is 11.9. The van der Waals surface area contributed by atoms with Crippen LogP contribution in [0.25, 0.3) is 0 Å². The molecule has 1 aromatic carbocycles. The molecule has 0 fully saturated rings. The van der Waals surface area contributed by atoms with Crippen molar-refractivity contribution in [1.29, 1.82) is 0 Å². The molecule has 1 aromatic rings. The molecule has 4 nitrogen and oxygen atoms in total. The maximum absolute atomic E-state index is 12.3. The zero-order chi connectivity index (χ0) is 12.8. The van der Waals surface area contributed by atoms with E-state index in [1.54, 1.807) is 24.3 Å². The average molecular weight is 260 g/mol. The average Bonchev–Trinajstić information content (AvgIpc) is 2.25. The third-order valence-corrected chi connectivity index (χ3v) is 2.28. The summed E-state index contributed by atoms with van der Waals surface area (Å²) in [6.45, 7) is -1.14. The fourth-order valence-electron chi connectivity index (χ4n) is 1.24. The first-order chi connectivity index (χ1) is 8.02. The highest BCUT2D eigenvalue weighted by Crippen LogP contribution is 2.11. The van der Waals surface area contributed by atoms with Gasteiger partial charge in [0.05, 0.1) is 6.42 Å². The molecule has 0 bridgehead atoms. The molecule has 0 heterocycles. The van der Waals surface area contributed by atoms with Gasteiger partial charge in [0.2, 0.25) is 5.91 Å². The number of amides is 1. The van der Waals surface area contributed by atoms with Crippen molar-refractivity contribution in [3.8, 4) is 0 Å². The number of alkyl halides is 1. The van der Waals surface area contributed by atoms with Crippen LogP contribution in [0, 0.1) is 0 Å². The molecule has 1 atom stereocenters. The molecular weight excluding hydrogens is 249 g/mol. The monoisotopic (exact) mass is 259 g/mol. The van der Waals surface area contributed by atoms with Crippen molar-refractivity contribution >= 4 is 23.5 Å². The number of hydrogen-bond acceptors (Lipinski definition) is 2. The van der Waals surface area contributed by atoms with Gasteiger partial charge in [0.1, 0.15) is 6.67 Å². The summed E-state index contributed by atoms with van der Waals surface area (Å²) < 4.78 is 12.3. The number of carboxylic acid groups (broad SMARTS) is 1. The molecule has 6 heteroatoms. The Bertz CT molecular complexity index is 425. The molecule has 1 rings (SSSR count). The van der Waals surface area contributed by atoms with E-state index in [2.05, 4.69) is 5.32 Å². The second kappa shape index (κ2) is 6.20. The van der Waals surface area contributed by atoms with Gasteiger partial charge in [-0.15, -0.1) is 0 Å². The first kappa shape index (κ1) is 13.4. The molecular formula is C11H11ClFNO3. The van der Waals surface area contributed by atoms with Crippen LogP contribution in [0.15, 0.2) is 24.3 Å². The third kappa shape index (κ3) is 4.40. The molecule has 0 spiro atoms. The molecule has 0 aliphatic rings. The minimum Gasteiger partial charge on any atom is -0.480 e. The van der Waals surface area contributed by atoms with E-state index in [1.165, 1.54) is 0 Å². The van der Waals surface area contributed by atoms with Crippen LogP contribution in [0.1, 0.15) is 5.56 Å². The van der Waals surface area contributed by atoms with E-state index in [0.717, 1.165) is 0 Å². The second-order valence-electron chi connectivity index (χ2n) is 3.42. The summed E-state index contributed by atoms with van der Waals surface area (Å²) in [5, 5.41) is 11.1. The highest BCUT2D eigenvalue weighted by atomic mass is 35.5. The summed E-state index contributed by atoms with van der Waals surface area (Å²) >= 11 is 5.73. The lowest BCUT2D eigenvalue weighted by atomic mass is 10.1. The van der Waals surface area contributed by atoms with Gasteiger partial charge in [0.15, 0.2) is 6.04 Å². The van der Waals surface area contributed by atoms with E-state index in [9.17, 15) is 14.0 Å². The topological polar surface area (TPSA) is 66.4 Å². The SMILES string of the molecule is O=C(Cc1cccc(Cl)c1)NC(CF)C(=O)O. The van der Waals surface area contributed by atoms with Crippen LogP contribution in [0.5, 0.6) is 0 Å². The number of hydrogen-bond donors (Lipinski definition) is 2. The zero-order valence-electron chi connectivity index (χ0n) is 8.82. The Balaban J connectivity index is 2.58. The summed E-state index contributed by atoms with van der Waals surface area (Å²) in [4.78, 5) is 21.9. The number of carbonyl (C=O) groups is 2. The fourth-order valence-corrected chi connectivity index (χ4v) is 1.46. The van der Waals surface area contributed by atoms with Crippen molar-refractivity contribution in [2.75, 3.05) is 6.67 Å². The Morgan fingerprint density at radius 1 is 1.47 bits per heavy atom. The summed E-state index contributed by atoms with van der Waals surface area (Å²) in [6.07, 6.45) is -0.0374. The Morgan fingerprint density at radius 2 is 2.18 bits per heavy atom. The summed E-state index contributed by atoms with van der Waals surface area (Å²) in [5.74, 6) is -1.95. The molecule has 0 aliphatic carbocycles. The minimum atomic E-state index is -1.50. The van der Waals surface area contributed by atoms with Crippen LogP contribution in [0.4, 0.5) is 4.39 Å². The van der Waals surface area contributed by atoms with Crippen LogP contribution >= 0.6 is 11.6 Å². The maximum atomic E-state index is 12.3. The van der Waals surface area contributed by atoms with E-state index >= 15 is 0 Å². The molecule has 1 unspecified atom stereocenters. The van der Waals surface area contributed by atoms with E-state index in [4.69, 9.17) is 16.7 Å². The quantitative estimate of drug-likeness (QED) is 0.840. The molecule has 2 N–H and O–H groups in total. The zero-order valence-corrected chi connectivity index (χ0v) is 9.58. The van der Waals surface area contributed by atoms with Crippen molar-refractivity contribution in [2.24, 2.45) is 0 Å². The van der Waals surface area contributed by atoms with Gasteiger partial charge < -0.3 is 10.4 Å². The lowest BCUT2D eigenvalue weighted by molar-refractivity contribution is -0.142. The molecule has 0 aromatic heterocycles. The van der Waals surface area contributed by atoms with Crippen molar-refractivity contribution in [1.82, 2.24) is 5.32 Å². The van der Waals surface area contributed by atoms with Crippen LogP contribution in [0.3, 0.4) is 0 Å². The van der Waals surface area contributed by atoms with Crippen LogP contribution < -0.4 is 5.32 Å².